The second kappa shape index (κ2) is 9.23. The van der Waals surface area contributed by atoms with Crippen molar-refractivity contribution >= 4 is 33.7 Å². The number of carbonyl (C=O) groups is 1. The highest BCUT2D eigenvalue weighted by Crippen LogP contribution is 2.30. The minimum atomic E-state index is 0.0517. The van der Waals surface area contributed by atoms with E-state index in [1.165, 1.54) is 6.33 Å². The lowest BCUT2D eigenvalue weighted by Gasteiger charge is -2.32. The monoisotopic (exact) mass is 432 g/mol. The lowest BCUT2D eigenvalue weighted by Crippen LogP contribution is -2.47. The van der Waals surface area contributed by atoms with Crippen molar-refractivity contribution in [2.75, 3.05) is 45.7 Å². The third-order valence-electron chi connectivity index (χ3n) is 5.71. The number of hydrogen-bond acceptors (Lipinski definition) is 6. The fourth-order valence-electron chi connectivity index (χ4n) is 3.74. The highest BCUT2D eigenvalue weighted by molar-refractivity contribution is 6.13. The standard InChI is InChI=1S/C24H28N6O2/c1-5-18(8-6-16(2)32-4)27-22-21-19-14-17(24(31)30-12-10-29(3)11-13-30)7-9-20(19)28-23(21)26-15-25-22/h5-9,14-15H,2,10-13H2,1,3-4H3,(H2,25,26,27,28)/b8-6-,18-5+. The van der Waals surface area contributed by atoms with Crippen molar-refractivity contribution in [2.24, 2.45) is 0 Å². The maximum Gasteiger partial charge on any atom is 0.253 e. The van der Waals surface area contributed by atoms with E-state index < -0.39 is 0 Å². The molecule has 3 heterocycles. The molecule has 1 fully saturated rings. The summed E-state index contributed by atoms with van der Waals surface area (Å²) in [4.78, 5) is 29.4. The third kappa shape index (κ3) is 4.36. The quantitative estimate of drug-likeness (QED) is 0.458. The van der Waals surface area contributed by atoms with Crippen molar-refractivity contribution in [3.8, 4) is 0 Å². The number of nitrogens with one attached hydrogen (secondary N) is 2. The molecule has 0 radical (unpaired) electrons. The molecule has 1 aliphatic rings. The second-order valence-corrected chi connectivity index (χ2v) is 7.80. The molecule has 166 valence electrons. The molecule has 1 aromatic carbocycles. The van der Waals surface area contributed by atoms with Crippen LogP contribution in [0.4, 0.5) is 5.82 Å². The molecular formula is C24H28N6O2. The van der Waals surface area contributed by atoms with Gasteiger partial charge in [-0.1, -0.05) is 12.7 Å². The van der Waals surface area contributed by atoms with Crippen LogP contribution in [-0.4, -0.2) is 71.0 Å². The number of H-pyrrole nitrogens is 1. The number of allylic oxidation sites excluding steroid dienone is 3. The van der Waals surface area contributed by atoms with Gasteiger partial charge in [-0.05, 0) is 44.3 Å². The molecule has 2 N–H and O–H groups in total. The average Bonchev–Trinajstić information content (AvgIpc) is 3.20. The number of aromatic amines is 1. The molecule has 0 unspecified atom stereocenters. The highest BCUT2D eigenvalue weighted by atomic mass is 16.5. The summed E-state index contributed by atoms with van der Waals surface area (Å²) >= 11 is 0. The molecule has 32 heavy (non-hydrogen) atoms. The molecular weight excluding hydrogens is 404 g/mol. The first-order valence-electron chi connectivity index (χ1n) is 10.6. The topological polar surface area (TPSA) is 86.4 Å². The molecule has 1 amide bonds. The second-order valence-electron chi connectivity index (χ2n) is 7.80. The fourth-order valence-corrected chi connectivity index (χ4v) is 3.74. The summed E-state index contributed by atoms with van der Waals surface area (Å²) in [6.07, 6.45) is 7.10. The zero-order valence-electron chi connectivity index (χ0n) is 18.7. The largest absolute Gasteiger partial charge is 0.497 e. The van der Waals surface area contributed by atoms with Crippen LogP contribution in [0.15, 0.2) is 60.8 Å². The summed E-state index contributed by atoms with van der Waals surface area (Å²) in [7, 11) is 3.66. The van der Waals surface area contributed by atoms with E-state index in [-0.39, 0.29) is 5.91 Å². The van der Waals surface area contributed by atoms with Gasteiger partial charge in [-0.15, -0.1) is 0 Å². The first kappa shape index (κ1) is 21.6. The van der Waals surface area contributed by atoms with Crippen LogP contribution in [-0.2, 0) is 4.74 Å². The molecule has 4 rings (SSSR count). The number of amides is 1. The molecule has 8 heteroatoms. The lowest BCUT2D eigenvalue weighted by molar-refractivity contribution is 0.0664. The van der Waals surface area contributed by atoms with Gasteiger partial charge in [0.1, 0.15) is 23.6 Å². The normalized spacial score (nSPS) is 15.6. The first-order chi connectivity index (χ1) is 15.5. The Morgan fingerprint density at radius 2 is 2.00 bits per heavy atom. The van der Waals surface area contributed by atoms with Crippen molar-refractivity contribution in [2.45, 2.75) is 6.92 Å². The van der Waals surface area contributed by atoms with Gasteiger partial charge < -0.3 is 24.8 Å². The maximum atomic E-state index is 13.1. The number of ether oxygens (including phenoxy) is 1. The van der Waals surface area contributed by atoms with Gasteiger partial charge in [-0.2, -0.15) is 0 Å². The number of anilines is 1. The van der Waals surface area contributed by atoms with Crippen LogP contribution in [0.25, 0.3) is 21.9 Å². The van der Waals surface area contributed by atoms with Gasteiger partial charge in [0.25, 0.3) is 5.91 Å². The van der Waals surface area contributed by atoms with E-state index in [9.17, 15) is 4.79 Å². The SMILES string of the molecule is C=C(/C=C\C(=C/C)Nc1ncnc2[nH]c3ccc(C(=O)N4CCN(C)CC4)cc3c12)OC. The number of likely N-dealkylation sites (N-methyl/N-ethyl adjacent to an activating group) is 1. The molecule has 0 bridgehead atoms. The molecule has 0 atom stereocenters. The van der Waals surface area contributed by atoms with Crippen LogP contribution in [0.3, 0.4) is 0 Å². The van der Waals surface area contributed by atoms with Crippen molar-refractivity contribution in [1.82, 2.24) is 24.8 Å². The van der Waals surface area contributed by atoms with Gasteiger partial charge in [0.15, 0.2) is 0 Å². The minimum absolute atomic E-state index is 0.0517. The molecule has 0 saturated carbocycles. The summed E-state index contributed by atoms with van der Waals surface area (Å²) in [6.45, 7) is 8.99. The van der Waals surface area contributed by atoms with E-state index in [1.54, 1.807) is 13.2 Å². The van der Waals surface area contributed by atoms with Crippen molar-refractivity contribution in [1.29, 1.82) is 0 Å². The number of rotatable bonds is 6. The van der Waals surface area contributed by atoms with Gasteiger partial charge >= 0.3 is 0 Å². The minimum Gasteiger partial charge on any atom is -0.497 e. The summed E-state index contributed by atoms with van der Waals surface area (Å²) in [5.41, 5.74) is 3.12. The number of fused-ring (bicyclic) bond motifs is 3. The number of piperazine rings is 1. The van der Waals surface area contributed by atoms with Crippen LogP contribution >= 0.6 is 0 Å². The van der Waals surface area contributed by atoms with Crippen LogP contribution in [0.2, 0.25) is 0 Å². The van der Waals surface area contributed by atoms with E-state index >= 15 is 0 Å². The smallest absolute Gasteiger partial charge is 0.253 e. The van der Waals surface area contributed by atoms with E-state index in [2.05, 4.69) is 38.8 Å². The van der Waals surface area contributed by atoms with Crippen LogP contribution in [0.5, 0.6) is 0 Å². The average molecular weight is 433 g/mol. The van der Waals surface area contributed by atoms with Crippen molar-refractivity contribution in [3.63, 3.8) is 0 Å². The number of carbonyl (C=O) groups excluding carboxylic acids is 1. The Kier molecular flexibility index (Phi) is 6.23. The van der Waals surface area contributed by atoms with Crippen LogP contribution in [0.1, 0.15) is 17.3 Å². The molecule has 0 aliphatic carbocycles. The van der Waals surface area contributed by atoms with Gasteiger partial charge in [0, 0.05) is 48.3 Å². The van der Waals surface area contributed by atoms with Gasteiger partial charge in [0.05, 0.1) is 12.5 Å². The predicted octanol–water partition coefficient (Wildman–Crippen LogP) is 3.53. The molecule has 1 aliphatic heterocycles. The molecule has 8 nitrogen and oxygen atoms in total. The zero-order valence-corrected chi connectivity index (χ0v) is 18.7. The summed E-state index contributed by atoms with van der Waals surface area (Å²) in [5, 5.41) is 5.10. The maximum absolute atomic E-state index is 13.1. The highest BCUT2D eigenvalue weighted by Gasteiger charge is 2.21. The van der Waals surface area contributed by atoms with Gasteiger partial charge in [-0.25, -0.2) is 9.97 Å². The lowest BCUT2D eigenvalue weighted by atomic mass is 10.1. The summed E-state index contributed by atoms with van der Waals surface area (Å²) < 4.78 is 5.10. The Bertz CT molecular complexity index is 1220. The molecule has 1 saturated heterocycles. The number of aromatic nitrogens is 3. The molecule has 2 aromatic heterocycles. The van der Waals surface area contributed by atoms with Crippen LogP contribution in [0, 0.1) is 0 Å². The van der Waals surface area contributed by atoms with Crippen molar-refractivity contribution in [3.05, 3.63) is 66.4 Å². The predicted molar refractivity (Wildman–Crippen MR) is 127 cm³/mol. The van der Waals surface area contributed by atoms with E-state index in [1.807, 2.05) is 42.2 Å². The van der Waals surface area contributed by atoms with E-state index in [4.69, 9.17) is 4.74 Å². The number of nitrogens with zero attached hydrogens (tertiary/aromatic N) is 4. The third-order valence-corrected chi connectivity index (χ3v) is 5.71. The first-order valence-corrected chi connectivity index (χ1v) is 10.6. The molecule has 3 aromatic rings. The number of hydrogen-bond donors (Lipinski definition) is 2. The summed E-state index contributed by atoms with van der Waals surface area (Å²) in [5.74, 6) is 1.26. The fraction of sp³-hybridized carbons (Fsp3) is 0.292. The Hall–Kier alpha value is -3.65. The Balaban J connectivity index is 1.70. The van der Waals surface area contributed by atoms with Crippen molar-refractivity contribution < 1.29 is 9.53 Å². The Morgan fingerprint density at radius 3 is 2.72 bits per heavy atom. The Morgan fingerprint density at radius 1 is 1.22 bits per heavy atom. The van der Waals surface area contributed by atoms with E-state index in [0.29, 0.717) is 22.8 Å². The van der Waals surface area contributed by atoms with E-state index in [0.717, 1.165) is 48.2 Å². The zero-order chi connectivity index (χ0) is 22.7. The number of benzene rings is 1. The molecule has 0 spiro atoms. The summed E-state index contributed by atoms with van der Waals surface area (Å²) in [6, 6.07) is 5.74. The van der Waals surface area contributed by atoms with Crippen LogP contribution < -0.4 is 5.32 Å². The Labute approximate surface area is 187 Å². The van der Waals surface area contributed by atoms with Gasteiger partial charge in [0.2, 0.25) is 0 Å². The van der Waals surface area contributed by atoms with Gasteiger partial charge in [-0.3, -0.25) is 4.79 Å². The number of methoxy groups -OCH3 is 1.